The van der Waals surface area contributed by atoms with Crippen molar-refractivity contribution in [3.8, 4) is 11.5 Å². The predicted octanol–water partition coefficient (Wildman–Crippen LogP) is 2.18. The molecule has 1 aliphatic heterocycles. The lowest BCUT2D eigenvalue weighted by Crippen LogP contribution is -2.49. The third-order valence-corrected chi connectivity index (χ3v) is 7.15. The highest BCUT2D eigenvalue weighted by Gasteiger charge is 2.28. The van der Waals surface area contributed by atoms with Gasteiger partial charge in [-0.3, -0.25) is 4.79 Å². The highest BCUT2D eigenvalue weighted by atomic mass is 32.2. The smallest absolute Gasteiger partial charge is 0.250 e. The fourth-order valence-corrected chi connectivity index (χ4v) is 5.17. The second-order valence-corrected chi connectivity index (χ2v) is 9.68. The number of fused-ring (bicyclic) bond motifs is 1. The largest absolute Gasteiger partial charge is 0.486 e. The summed E-state index contributed by atoms with van der Waals surface area (Å²) in [5.41, 5.74) is 1.00. The van der Waals surface area contributed by atoms with E-state index in [1.165, 1.54) is 6.07 Å². The first-order valence-electron chi connectivity index (χ1n) is 9.09. The van der Waals surface area contributed by atoms with E-state index in [9.17, 15) is 13.2 Å². The number of carbonyl (C=O) groups excluding carboxylic acids is 1. The Morgan fingerprint density at radius 3 is 2.61 bits per heavy atom. The summed E-state index contributed by atoms with van der Waals surface area (Å²) in [7, 11) is -3.72. The number of carbonyl (C=O) groups is 1. The fourth-order valence-electron chi connectivity index (χ4n) is 2.82. The van der Waals surface area contributed by atoms with Crippen molar-refractivity contribution in [2.75, 3.05) is 19.8 Å². The van der Waals surface area contributed by atoms with E-state index in [0.29, 0.717) is 31.9 Å². The number of thiophene rings is 1. The molecule has 9 heteroatoms. The first kappa shape index (κ1) is 20.6. The van der Waals surface area contributed by atoms with Crippen molar-refractivity contribution in [2.24, 2.45) is 5.92 Å². The third-order valence-electron chi connectivity index (χ3n) is 4.31. The number of amides is 1. The summed E-state index contributed by atoms with van der Waals surface area (Å²) in [6, 6.07) is 8.03. The van der Waals surface area contributed by atoms with Gasteiger partial charge in [-0.15, -0.1) is 11.3 Å². The van der Waals surface area contributed by atoms with Crippen molar-refractivity contribution < 1.29 is 22.7 Å². The zero-order valence-corrected chi connectivity index (χ0v) is 17.4. The lowest BCUT2D eigenvalue weighted by atomic mass is 10.0. The van der Waals surface area contributed by atoms with Gasteiger partial charge in [-0.1, -0.05) is 26.0 Å². The van der Waals surface area contributed by atoms with Crippen molar-refractivity contribution in [3.05, 3.63) is 41.3 Å². The fraction of sp³-hybridized carbons (Fsp3) is 0.421. The van der Waals surface area contributed by atoms with E-state index in [-0.39, 0.29) is 16.0 Å². The van der Waals surface area contributed by atoms with E-state index in [1.807, 2.05) is 32.0 Å². The summed E-state index contributed by atoms with van der Waals surface area (Å²) in [5.74, 6) is 0.900. The zero-order chi connectivity index (χ0) is 20.1. The Morgan fingerprint density at radius 1 is 1.18 bits per heavy atom. The zero-order valence-electron chi connectivity index (χ0n) is 15.8. The molecule has 2 aromatic rings. The third kappa shape index (κ3) is 5.03. The first-order chi connectivity index (χ1) is 13.4. The number of sulfonamides is 1. The molecule has 2 N–H and O–H groups in total. The molecule has 0 unspecified atom stereocenters. The van der Waals surface area contributed by atoms with Crippen molar-refractivity contribution in [1.82, 2.24) is 10.0 Å². The molecule has 1 aliphatic rings. The van der Waals surface area contributed by atoms with Crippen LogP contribution in [0.1, 0.15) is 19.4 Å². The van der Waals surface area contributed by atoms with E-state index in [4.69, 9.17) is 9.47 Å². The highest BCUT2D eigenvalue weighted by Crippen LogP contribution is 2.30. The molecular formula is C19H24N2O5S2. The van der Waals surface area contributed by atoms with Crippen molar-refractivity contribution in [2.45, 2.75) is 30.5 Å². The number of benzene rings is 1. The maximum absolute atomic E-state index is 12.6. The Hall–Kier alpha value is -2.10. The number of rotatable bonds is 8. The second-order valence-electron chi connectivity index (χ2n) is 6.79. The molecule has 1 aromatic carbocycles. The van der Waals surface area contributed by atoms with E-state index in [2.05, 4.69) is 10.0 Å². The van der Waals surface area contributed by atoms with Gasteiger partial charge in [0, 0.05) is 6.54 Å². The highest BCUT2D eigenvalue weighted by molar-refractivity contribution is 7.91. The monoisotopic (exact) mass is 424 g/mol. The van der Waals surface area contributed by atoms with Crippen LogP contribution in [0.4, 0.5) is 0 Å². The van der Waals surface area contributed by atoms with Crippen molar-refractivity contribution in [1.29, 1.82) is 0 Å². The molecule has 0 aliphatic carbocycles. The molecule has 0 saturated heterocycles. The lowest BCUT2D eigenvalue weighted by molar-refractivity contribution is -0.123. The van der Waals surface area contributed by atoms with Crippen LogP contribution in [0.25, 0.3) is 0 Å². The molecule has 1 amide bonds. The topological polar surface area (TPSA) is 93.7 Å². The van der Waals surface area contributed by atoms with Gasteiger partial charge in [-0.05, 0) is 41.5 Å². The summed E-state index contributed by atoms with van der Waals surface area (Å²) in [4.78, 5) is 12.6. The van der Waals surface area contributed by atoms with E-state index < -0.39 is 16.1 Å². The van der Waals surface area contributed by atoms with Gasteiger partial charge >= 0.3 is 0 Å². The van der Waals surface area contributed by atoms with Crippen LogP contribution < -0.4 is 19.5 Å². The van der Waals surface area contributed by atoms with Crippen LogP contribution >= 0.6 is 11.3 Å². The van der Waals surface area contributed by atoms with Gasteiger partial charge in [-0.25, -0.2) is 8.42 Å². The summed E-state index contributed by atoms with van der Waals surface area (Å²) in [6.45, 7) is 5.07. The Labute approximate surface area is 169 Å². The Bertz CT molecular complexity index is 910. The molecule has 28 heavy (non-hydrogen) atoms. The van der Waals surface area contributed by atoms with Crippen LogP contribution in [0.15, 0.2) is 39.9 Å². The molecule has 0 radical (unpaired) electrons. The number of hydrogen-bond donors (Lipinski definition) is 2. The second kappa shape index (κ2) is 8.93. The summed E-state index contributed by atoms with van der Waals surface area (Å²) in [6.07, 6.45) is 0.602. The molecule has 2 heterocycles. The minimum absolute atomic E-state index is 0.191. The van der Waals surface area contributed by atoms with Gasteiger partial charge in [0.05, 0.1) is 0 Å². The molecule has 0 saturated carbocycles. The molecule has 7 nitrogen and oxygen atoms in total. The minimum atomic E-state index is -3.72. The molecule has 0 spiro atoms. The molecule has 1 aromatic heterocycles. The van der Waals surface area contributed by atoms with Crippen molar-refractivity contribution in [3.63, 3.8) is 0 Å². The van der Waals surface area contributed by atoms with Crippen LogP contribution in [0.3, 0.4) is 0 Å². The average molecular weight is 425 g/mol. The average Bonchev–Trinajstić information content (AvgIpc) is 3.21. The Kier molecular flexibility index (Phi) is 6.58. The van der Waals surface area contributed by atoms with Gasteiger partial charge in [0.1, 0.15) is 23.5 Å². The molecule has 152 valence electrons. The molecule has 0 bridgehead atoms. The maximum Gasteiger partial charge on any atom is 0.250 e. The Morgan fingerprint density at radius 2 is 1.93 bits per heavy atom. The maximum atomic E-state index is 12.6. The standard InChI is InChI=1S/C19H24N2O5S2/c1-13(2)18(21-28(23,24)17-4-3-11-27-17)19(22)20-8-7-14-5-6-15-16(12-14)26-10-9-25-15/h3-6,11-13,18,21H,7-10H2,1-2H3,(H,20,22)/t18-/m1/s1. The first-order valence-corrected chi connectivity index (χ1v) is 11.4. The SMILES string of the molecule is CC(C)[C@@H](NS(=O)(=O)c1cccs1)C(=O)NCCc1ccc2c(c1)OCCO2. The summed E-state index contributed by atoms with van der Waals surface area (Å²) < 4.78 is 38.7. The van der Waals surface area contributed by atoms with Crippen LogP contribution in [-0.4, -0.2) is 40.1 Å². The summed E-state index contributed by atoms with van der Waals surface area (Å²) >= 11 is 1.12. The molecule has 1 atom stereocenters. The quantitative estimate of drug-likeness (QED) is 0.678. The van der Waals surface area contributed by atoms with Crippen molar-refractivity contribution >= 4 is 27.3 Å². The predicted molar refractivity (Wildman–Crippen MR) is 107 cm³/mol. The van der Waals surface area contributed by atoms with Gasteiger partial charge in [0.25, 0.3) is 10.0 Å². The van der Waals surface area contributed by atoms with Gasteiger partial charge in [0.2, 0.25) is 5.91 Å². The van der Waals surface area contributed by atoms with Crippen LogP contribution in [0, 0.1) is 5.92 Å². The van der Waals surface area contributed by atoms with E-state index in [1.54, 1.807) is 11.4 Å². The van der Waals surface area contributed by atoms with Crippen LogP contribution in [0.5, 0.6) is 11.5 Å². The molecular weight excluding hydrogens is 400 g/mol. The summed E-state index contributed by atoms with van der Waals surface area (Å²) in [5, 5.41) is 4.51. The number of nitrogens with one attached hydrogen (secondary N) is 2. The van der Waals surface area contributed by atoms with Crippen LogP contribution in [-0.2, 0) is 21.2 Å². The Balaban J connectivity index is 1.57. The van der Waals surface area contributed by atoms with Crippen LogP contribution in [0.2, 0.25) is 0 Å². The lowest BCUT2D eigenvalue weighted by Gasteiger charge is -2.21. The van der Waals surface area contributed by atoms with Gasteiger partial charge in [-0.2, -0.15) is 4.72 Å². The minimum Gasteiger partial charge on any atom is -0.486 e. The molecule has 0 fully saturated rings. The number of ether oxygens (including phenoxy) is 2. The van der Waals surface area contributed by atoms with E-state index in [0.717, 1.165) is 22.6 Å². The number of hydrogen-bond acceptors (Lipinski definition) is 6. The van der Waals surface area contributed by atoms with Gasteiger partial charge in [0.15, 0.2) is 11.5 Å². The van der Waals surface area contributed by atoms with E-state index >= 15 is 0 Å². The molecule has 3 rings (SSSR count). The normalized spacial score (nSPS) is 14.7. The van der Waals surface area contributed by atoms with Gasteiger partial charge < -0.3 is 14.8 Å².